The van der Waals surface area contributed by atoms with Gasteiger partial charge in [-0.25, -0.2) is 8.42 Å². The van der Waals surface area contributed by atoms with Crippen molar-refractivity contribution in [3.05, 3.63) is 65.4 Å². The first-order valence-corrected chi connectivity index (χ1v) is 10.6. The van der Waals surface area contributed by atoms with Gasteiger partial charge in [-0.1, -0.05) is 17.7 Å². The number of benzene rings is 2. The summed E-state index contributed by atoms with van der Waals surface area (Å²) in [6, 6.07) is 9.96. The number of rotatable bonds is 6. The Hall–Kier alpha value is -3.26. The van der Waals surface area contributed by atoms with Crippen LogP contribution in [0.25, 0.3) is 6.08 Å². The van der Waals surface area contributed by atoms with Crippen molar-refractivity contribution >= 4 is 21.9 Å². The van der Waals surface area contributed by atoms with Crippen molar-refractivity contribution in [3.8, 4) is 17.2 Å². The van der Waals surface area contributed by atoms with Crippen LogP contribution in [0.15, 0.2) is 59.1 Å². The van der Waals surface area contributed by atoms with Crippen LogP contribution in [-0.4, -0.2) is 46.4 Å². The highest BCUT2D eigenvalue weighted by Crippen LogP contribution is 2.39. The van der Waals surface area contributed by atoms with Crippen LogP contribution in [0.2, 0.25) is 0 Å². The Kier molecular flexibility index (Phi) is 6.17. The predicted octanol–water partition coefficient (Wildman–Crippen LogP) is 3.19. The van der Waals surface area contributed by atoms with E-state index in [9.17, 15) is 13.2 Å². The summed E-state index contributed by atoms with van der Waals surface area (Å²) in [4.78, 5) is 12.6. The Bertz CT molecular complexity index is 1090. The van der Waals surface area contributed by atoms with Gasteiger partial charge >= 0.3 is 0 Å². The molecule has 0 atom stereocenters. The number of nitrogens with zero attached hydrogens (tertiary/aromatic N) is 1. The molecule has 0 saturated carbocycles. The number of hydrogen-bond donors (Lipinski definition) is 0. The largest absolute Gasteiger partial charge is 0.493 e. The van der Waals surface area contributed by atoms with Crippen LogP contribution in [0, 0.1) is 6.92 Å². The van der Waals surface area contributed by atoms with Crippen molar-refractivity contribution in [2.24, 2.45) is 0 Å². The van der Waals surface area contributed by atoms with Crippen LogP contribution in [0.1, 0.15) is 11.1 Å². The molecular weight excluding hydrogens is 406 g/mol. The van der Waals surface area contributed by atoms with Crippen molar-refractivity contribution < 1.29 is 27.4 Å². The molecule has 0 amide bonds. The molecule has 0 aliphatic carbocycles. The maximum Gasteiger partial charge on any atom is 0.264 e. The molecule has 2 aromatic rings. The molecule has 1 aliphatic heterocycles. The SMILES string of the molecule is COc1cc(/C=C2\CN(S(=O)(=O)c3ccc(C)cc3)C=CC2=O)cc(OC)c1OC. The highest BCUT2D eigenvalue weighted by Gasteiger charge is 2.27. The highest BCUT2D eigenvalue weighted by atomic mass is 32.2. The van der Waals surface area contributed by atoms with Crippen LogP contribution in [-0.2, 0) is 14.8 Å². The summed E-state index contributed by atoms with van der Waals surface area (Å²) in [5, 5.41) is 0. The van der Waals surface area contributed by atoms with Crippen LogP contribution in [0.4, 0.5) is 0 Å². The van der Waals surface area contributed by atoms with Crippen LogP contribution < -0.4 is 14.2 Å². The minimum Gasteiger partial charge on any atom is -0.493 e. The summed E-state index contributed by atoms with van der Waals surface area (Å²) in [6.45, 7) is 1.80. The summed E-state index contributed by atoms with van der Waals surface area (Å²) in [7, 11) is 0.719. The second-order valence-electron chi connectivity index (χ2n) is 6.67. The smallest absolute Gasteiger partial charge is 0.264 e. The van der Waals surface area contributed by atoms with Gasteiger partial charge in [-0.3, -0.25) is 9.10 Å². The van der Waals surface area contributed by atoms with Gasteiger partial charge in [0.15, 0.2) is 17.3 Å². The third-order valence-corrected chi connectivity index (χ3v) is 6.43. The third-order valence-electron chi connectivity index (χ3n) is 4.69. The fourth-order valence-corrected chi connectivity index (χ4v) is 4.35. The van der Waals surface area contributed by atoms with Gasteiger partial charge in [-0.2, -0.15) is 0 Å². The second kappa shape index (κ2) is 8.62. The molecule has 0 saturated heterocycles. The summed E-state index contributed by atoms with van der Waals surface area (Å²) >= 11 is 0. The summed E-state index contributed by atoms with van der Waals surface area (Å²) in [5.41, 5.74) is 1.90. The molecule has 1 heterocycles. The topological polar surface area (TPSA) is 82.1 Å². The second-order valence-corrected chi connectivity index (χ2v) is 8.56. The highest BCUT2D eigenvalue weighted by molar-refractivity contribution is 7.89. The average Bonchev–Trinajstić information content (AvgIpc) is 2.74. The maximum atomic E-state index is 13.0. The van der Waals surface area contributed by atoms with E-state index < -0.39 is 10.0 Å². The standard InChI is InChI=1S/C22H23NO6S/c1-15-5-7-18(8-6-15)30(25,26)23-10-9-19(24)17(14-23)11-16-12-20(27-2)22(29-4)21(13-16)28-3/h5-13H,14H2,1-4H3/b17-11+. The molecule has 3 rings (SSSR count). The molecule has 0 fully saturated rings. The summed E-state index contributed by atoms with van der Waals surface area (Å²) in [6.07, 6.45) is 4.16. The number of carbonyl (C=O) groups is 1. The van der Waals surface area contributed by atoms with E-state index in [-0.39, 0.29) is 17.2 Å². The van der Waals surface area contributed by atoms with Crippen molar-refractivity contribution in [3.63, 3.8) is 0 Å². The van der Waals surface area contributed by atoms with Crippen molar-refractivity contribution in [1.82, 2.24) is 4.31 Å². The number of allylic oxidation sites excluding steroid dienone is 1. The van der Waals surface area contributed by atoms with Crippen LogP contribution in [0.3, 0.4) is 0 Å². The molecule has 1 aliphatic rings. The summed E-state index contributed by atoms with van der Waals surface area (Å²) in [5.74, 6) is 1.04. The molecule has 0 aromatic heterocycles. The first-order valence-electron chi connectivity index (χ1n) is 9.11. The van der Waals surface area contributed by atoms with Crippen LogP contribution >= 0.6 is 0 Å². The minimum absolute atomic E-state index is 0.0811. The Morgan fingerprint density at radius 1 is 0.967 bits per heavy atom. The molecule has 0 spiro atoms. The predicted molar refractivity (Wildman–Crippen MR) is 113 cm³/mol. The minimum atomic E-state index is -3.78. The normalized spacial score (nSPS) is 15.4. The zero-order valence-electron chi connectivity index (χ0n) is 17.2. The molecule has 0 N–H and O–H groups in total. The van der Waals surface area contributed by atoms with Gasteiger partial charge in [0.05, 0.1) is 32.8 Å². The molecule has 2 aromatic carbocycles. The first-order chi connectivity index (χ1) is 14.3. The average molecular weight is 429 g/mol. The number of hydrogen-bond acceptors (Lipinski definition) is 6. The van der Waals surface area contributed by atoms with E-state index in [1.165, 1.54) is 33.6 Å². The zero-order valence-corrected chi connectivity index (χ0v) is 18.0. The van der Waals surface area contributed by atoms with Gasteiger partial charge in [-0.15, -0.1) is 0 Å². The number of carbonyl (C=O) groups excluding carboxylic acids is 1. The van der Waals surface area contributed by atoms with E-state index >= 15 is 0 Å². The van der Waals surface area contributed by atoms with Gasteiger partial charge in [0.2, 0.25) is 5.75 Å². The lowest BCUT2D eigenvalue weighted by Gasteiger charge is -2.24. The quantitative estimate of drug-likeness (QED) is 0.656. The molecule has 158 valence electrons. The van der Waals surface area contributed by atoms with Crippen molar-refractivity contribution in [2.75, 3.05) is 27.9 Å². The number of ether oxygens (including phenoxy) is 3. The Balaban J connectivity index is 1.98. The lowest BCUT2D eigenvalue weighted by Crippen LogP contribution is -2.32. The molecule has 7 nitrogen and oxygen atoms in total. The molecule has 0 bridgehead atoms. The van der Waals surface area contributed by atoms with Gasteiger partial charge in [0.25, 0.3) is 10.0 Å². The fraction of sp³-hybridized carbons (Fsp3) is 0.227. The Morgan fingerprint density at radius 2 is 1.57 bits per heavy atom. The third kappa shape index (κ3) is 4.18. The lowest BCUT2D eigenvalue weighted by molar-refractivity contribution is -0.111. The van der Waals surface area contributed by atoms with Gasteiger partial charge in [-0.05, 0) is 42.8 Å². The van der Waals surface area contributed by atoms with E-state index in [0.29, 0.717) is 28.4 Å². The number of sulfonamides is 1. The molecule has 8 heteroatoms. The zero-order chi connectivity index (χ0) is 21.9. The van der Waals surface area contributed by atoms with E-state index in [1.807, 2.05) is 6.92 Å². The van der Waals surface area contributed by atoms with E-state index in [1.54, 1.807) is 42.5 Å². The Labute approximate surface area is 176 Å². The molecule has 0 unspecified atom stereocenters. The monoisotopic (exact) mass is 429 g/mol. The number of methoxy groups -OCH3 is 3. The van der Waals surface area contributed by atoms with Crippen molar-refractivity contribution in [2.45, 2.75) is 11.8 Å². The molecular formula is C22H23NO6S. The summed E-state index contributed by atoms with van der Waals surface area (Å²) < 4.78 is 43.1. The van der Waals surface area contributed by atoms with E-state index in [0.717, 1.165) is 9.87 Å². The molecule has 0 radical (unpaired) electrons. The van der Waals surface area contributed by atoms with Gasteiger partial charge in [0, 0.05) is 17.8 Å². The lowest BCUT2D eigenvalue weighted by atomic mass is 10.0. The van der Waals surface area contributed by atoms with Gasteiger partial charge < -0.3 is 14.2 Å². The van der Waals surface area contributed by atoms with E-state index in [2.05, 4.69) is 0 Å². The number of aryl methyl sites for hydroxylation is 1. The first kappa shape index (κ1) is 21.4. The maximum absolute atomic E-state index is 13.0. The fourth-order valence-electron chi connectivity index (χ4n) is 3.07. The Morgan fingerprint density at radius 3 is 2.10 bits per heavy atom. The molecule has 30 heavy (non-hydrogen) atoms. The van der Waals surface area contributed by atoms with Gasteiger partial charge in [0.1, 0.15) is 0 Å². The van der Waals surface area contributed by atoms with Crippen LogP contribution in [0.5, 0.6) is 17.2 Å². The van der Waals surface area contributed by atoms with E-state index in [4.69, 9.17) is 14.2 Å². The number of ketones is 1. The van der Waals surface area contributed by atoms with Crippen molar-refractivity contribution in [1.29, 1.82) is 0 Å².